The molecule has 0 aliphatic carbocycles. The molecule has 1 fully saturated rings. The van der Waals surface area contributed by atoms with Crippen LogP contribution in [0.1, 0.15) is 37.4 Å². The Morgan fingerprint density at radius 3 is 2.70 bits per heavy atom. The summed E-state index contributed by atoms with van der Waals surface area (Å²) < 4.78 is 5.91. The monoisotopic (exact) mass is 277 g/mol. The molecule has 112 valence electrons. The van der Waals surface area contributed by atoms with Crippen LogP contribution in [0.5, 0.6) is 0 Å². The van der Waals surface area contributed by atoms with Gasteiger partial charge in [0.15, 0.2) is 0 Å². The van der Waals surface area contributed by atoms with Gasteiger partial charge in [-0.3, -0.25) is 16.2 Å². The molecule has 0 aromatic heterocycles. The first-order valence-corrected chi connectivity index (χ1v) is 7.67. The fourth-order valence-corrected chi connectivity index (χ4v) is 2.82. The van der Waals surface area contributed by atoms with Gasteiger partial charge >= 0.3 is 0 Å². The topological polar surface area (TPSA) is 50.5 Å². The summed E-state index contributed by atoms with van der Waals surface area (Å²) in [5.41, 5.74) is 5.52. The fourth-order valence-electron chi connectivity index (χ4n) is 2.82. The largest absolute Gasteiger partial charge is 0.374 e. The van der Waals surface area contributed by atoms with Crippen LogP contribution in [0.15, 0.2) is 24.3 Å². The SMILES string of the molecule is CCCc1ccc(C(NN)C2CN(CC)CCO2)cc1. The van der Waals surface area contributed by atoms with Crippen molar-refractivity contribution in [3.05, 3.63) is 35.4 Å². The van der Waals surface area contributed by atoms with E-state index < -0.39 is 0 Å². The lowest BCUT2D eigenvalue weighted by molar-refractivity contribution is -0.0456. The van der Waals surface area contributed by atoms with Gasteiger partial charge in [0.1, 0.15) is 0 Å². The number of hydrogen-bond acceptors (Lipinski definition) is 4. The lowest BCUT2D eigenvalue weighted by Crippen LogP contribution is -2.49. The van der Waals surface area contributed by atoms with Crippen LogP contribution in [0.2, 0.25) is 0 Å². The number of aryl methyl sites for hydroxylation is 1. The van der Waals surface area contributed by atoms with Gasteiger partial charge in [-0.15, -0.1) is 0 Å². The first-order valence-electron chi connectivity index (χ1n) is 7.67. The molecule has 4 heteroatoms. The molecule has 1 aliphatic rings. The van der Waals surface area contributed by atoms with Crippen molar-refractivity contribution in [2.24, 2.45) is 5.84 Å². The number of hydrogen-bond donors (Lipinski definition) is 2. The van der Waals surface area contributed by atoms with E-state index in [1.807, 2.05) is 0 Å². The highest BCUT2D eigenvalue weighted by Crippen LogP contribution is 2.22. The van der Waals surface area contributed by atoms with Gasteiger partial charge < -0.3 is 4.74 Å². The van der Waals surface area contributed by atoms with Gasteiger partial charge in [-0.2, -0.15) is 0 Å². The van der Waals surface area contributed by atoms with E-state index in [0.717, 1.165) is 32.7 Å². The number of rotatable bonds is 6. The van der Waals surface area contributed by atoms with Crippen molar-refractivity contribution in [2.75, 3.05) is 26.2 Å². The number of hydrazine groups is 1. The molecule has 1 heterocycles. The van der Waals surface area contributed by atoms with E-state index in [1.165, 1.54) is 17.5 Å². The predicted octanol–water partition coefficient (Wildman–Crippen LogP) is 1.86. The Kier molecular flexibility index (Phi) is 5.98. The van der Waals surface area contributed by atoms with Crippen molar-refractivity contribution in [3.63, 3.8) is 0 Å². The van der Waals surface area contributed by atoms with Gasteiger partial charge in [-0.1, -0.05) is 44.5 Å². The molecule has 2 unspecified atom stereocenters. The molecule has 3 N–H and O–H groups in total. The summed E-state index contributed by atoms with van der Waals surface area (Å²) in [5, 5.41) is 0. The second-order valence-electron chi connectivity index (χ2n) is 5.44. The zero-order chi connectivity index (χ0) is 14.4. The Morgan fingerprint density at radius 2 is 2.10 bits per heavy atom. The third-order valence-electron chi connectivity index (χ3n) is 4.05. The number of benzene rings is 1. The van der Waals surface area contributed by atoms with Crippen LogP contribution >= 0.6 is 0 Å². The van der Waals surface area contributed by atoms with Gasteiger partial charge in [0.2, 0.25) is 0 Å². The minimum Gasteiger partial charge on any atom is -0.374 e. The minimum atomic E-state index is 0.0556. The summed E-state index contributed by atoms with van der Waals surface area (Å²) in [6.45, 7) is 8.18. The smallest absolute Gasteiger partial charge is 0.0909 e. The highest BCUT2D eigenvalue weighted by atomic mass is 16.5. The predicted molar refractivity (Wildman–Crippen MR) is 82.4 cm³/mol. The number of nitrogens with two attached hydrogens (primary N) is 1. The van der Waals surface area contributed by atoms with Crippen molar-refractivity contribution < 1.29 is 4.74 Å². The van der Waals surface area contributed by atoms with Crippen LogP contribution < -0.4 is 11.3 Å². The lowest BCUT2D eigenvalue weighted by Gasteiger charge is -2.36. The molecule has 0 bridgehead atoms. The van der Waals surface area contributed by atoms with E-state index in [9.17, 15) is 0 Å². The second-order valence-corrected chi connectivity index (χ2v) is 5.44. The van der Waals surface area contributed by atoms with Crippen molar-refractivity contribution in [3.8, 4) is 0 Å². The third-order valence-corrected chi connectivity index (χ3v) is 4.05. The maximum Gasteiger partial charge on any atom is 0.0909 e. The Hall–Kier alpha value is -0.940. The van der Waals surface area contributed by atoms with E-state index in [2.05, 4.69) is 48.4 Å². The lowest BCUT2D eigenvalue weighted by atomic mass is 9.98. The molecule has 1 saturated heterocycles. The molecule has 0 spiro atoms. The quantitative estimate of drug-likeness (QED) is 0.615. The number of ether oxygens (including phenoxy) is 1. The minimum absolute atomic E-state index is 0.0556. The summed E-state index contributed by atoms with van der Waals surface area (Å²) in [6, 6.07) is 8.79. The highest BCUT2D eigenvalue weighted by molar-refractivity contribution is 5.26. The van der Waals surface area contributed by atoms with Crippen LogP contribution in [-0.4, -0.2) is 37.2 Å². The summed E-state index contributed by atoms with van der Waals surface area (Å²) in [7, 11) is 0. The van der Waals surface area contributed by atoms with Gasteiger partial charge in [0, 0.05) is 13.1 Å². The molecule has 0 saturated carbocycles. The molecule has 2 atom stereocenters. The van der Waals surface area contributed by atoms with E-state index in [0.29, 0.717) is 0 Å². The van der Waals surface area contributed by atoms with Gasteiger partial charge in [0.25, 0.3) is 0 Å². The number of nitrogens with zero attached hydrogens (tertiary/aromatic N) is 1. The molecule has 4 nitrogen and oxygen atoms in total. The van der Waals surface area contributed by atoms with E-state index in [4.69, 9.17) is 10.6 Å². The normalized spacial score (nSPS) is 21.9. The van der Waals surface area contributed by atoms with E-state index >= 15 is 0 Å². The third kappa shape index (κ3) is 3.79. The maximum atomic E-state index is 5.91. The summed E-state index contributed by atoms with van der Waals surface area (Å²) >= 11 is 0. The van der Waals surface area contributed by atoms with Crippen LogP contribution in [0.4, 0.5) is 0 Å². The van der Waals surface area contributed by atoms with E-state index in [1.54, 1.807) is 0 Å². The Bertz CT molecular complexity index is 393. The first kappa shape index (κ1) is 15.4. The molecule has 2 rings (SSSR count). The first-order chi connectivity index (χ1) is 9.78. The summed E-state index contributed by atoms with van der Waals surface area (Å²) in [6.07, 6.45) is 2.42. The standard InChI is InChI=1S/C16H27N3O/c1-3-5-13-6-8-14(9-7-13)16(18-17)15-12-19(4-2)10-11-20-15/h6-9,15-16,18H,3-5,10-12,17H2,1-2H3. The summed E-state index contributed by atoms with van der Waals surface area (Å²) in [5.74, 6) is 5.77. The van der Waals surface area contributed by atoms with Gasteiger partial charge in [-0.05, 0) is 24.1 Å². The summed E-state index contributed by atoms with van der Waals surface area (Å²) in [4.78, 5) is 2.41. The molecule has 20 heavy (non-hydrogen) atoms. The molecular formula is C16H27N3O. The van der Waals surface area contributed by atoms with Crippen molar-refractivity contribution >= 4 is 0 Å². The van der Waals surface area contributed by atoms with Crippen LogP contribution in [0, 0.1) is 0 Å². The Balaban J connectivity index is 2.06. The van der Waals surface area contributed by atoms with Gasteiger partial charge in [-0.25, -0.2) is 0 Å². The van der Waals surface area contributed by atoms with Crippen molar-refractivity contribution in [1.29, 1.82) is 0 Å². The van der Waals surface area contributed by atoms with Crippen LogP contribution in [0.25, 0.3) is 0 Å². The molecule has 1 aromatic rings. The zero-order valence-corrected chi connectivity index (χ0v) is 12.6. The van der Waals surface area contributed by atoms with Crippen LogP contribution in [0.3, 0.4) is 0 Å². The molecule has 0 amide bonds. The average molecular weight is 277 g/mol. The van der Waals surface area contributed by atoms with Crippen molar-refractivity contribution in [1.82, 2.24) is 10.3 Å². The maximum absolute atomic E-state index is 5.91. The molecular weight excluding hydrogens is 250 g/mol. The molecule has 1 aliphatic heterocycles. The highest BCUT2D eigenvalue weighted by Gasteiger charge is 2.27. The molecule has 0 radical (unpaired) electrons. The van der Waals surface area contributed by atoms with Gasteiger partial charge in [0.05, 0.1) is 18.8 Å². The number of likely N-dealkylation sites (N-methyl/N-ethyl adjacent to an activating group) is 1. The fraction of sp³-hybridized carbons (Fsp3) is 0.625. The second kappa shape index (κ2) is 7.74. The average Bonchev–Trinajstić information content (AvgIpc) is 2.50. The van der Waals surface area contributed by atoms with Crippen LogP contribution in [-0.2, 0) is 11.2 Å². The van der Waals surface area contributed by atoms with E-state index in [-0.39, 0.29) is 12.1 Å². The number of nitrogens with one attached hydrogen (secondary N) is 1. The number of morpholine rings is 1. The molecule has 1 aromatic carbocycles. The zero-order valence-electron chi connectivity index (χ0n) is 12.6. The Labute approximate surface area is 122 Å². The Morgan fingerprint density at radius 1 is 1.35 bits per heavy atom. The van der Waals surface area contributed by atoms with Crippen molar-refractivity contribution in [2.45, 2.75) is 38.8 Å².